The Morgan fingerprint density at radius 1 is 1.32 bits per heavy atom. The molecule has 5 heteroatoms. The van der Waals surface area contributed by atoms with Crippen LogP contribution in [0.15, 0.2) is 0 Å². The molecule has 0 aromatic carbocycles. The number of hydrogen-bond donors (Lipinski definition) is 2. The third-order valence-electron chi connectivity index (χ3n) is 3.77. The summed E-state index contributed by atoms with van der Waals surface area (Å²) in [7, 11) is 0. The van der Waals surface area contributed by atoms with Gasteiger partial charge < -0.3 is 16.0 Å². The van der Waals surface area contributed by atoms with Crippen LogP contribution in [0.3, 0.4) is 0 Å². The van der Waals surface area contributed by atoms with Gasteiger partial charge in [0.25, 0.3) is 0 Å². The first-order valence-corrected chi connectivity index (χ1v) is 7.34. The van der Waals surface area contributed by atoms with Crippen molar-refractivity contribution < 1.29 is 9.59 Å². The molecule has 1 fully saturated rings. The molecule has 0 aliphatic carbocycles. The van der Waals surface area contributed by atoms with Gasteiger partial charge in [0.05, 0.1) is 0 Å². The second-order valence-corrected chi connectivity index (χ2v) is 5.43. The van der Waals surface area contributed by atoms with Gasteiger partial charge in [0.1, 0.15) is 0 Å². The Bertz CT molecular complexity index is 297. The highest BCUT2D eigenvalue weighted by Gasteiger charge is 2.24. The average molecular weight is 269 g/mol. The van der Waals surface area contributed by atoms with Crippen LogP contribution in [0, 0.1) is 5.92 Å². The van der Waals surface area contributed by atoms with Crippen LogP contribution in [-0.4, -0.2) is 42.4 Å². The van der Waals surface area contributed by atoms with Crippen molar-refractivity contribution >= 4 is 11.8 Å². The van der Waals surface area contributed by atoms with E-state index in [0.717, 1.165) is 32.4 Å². The number of nitrogens with two attached hydrogens (primary N) is 1. The van der Waals surface area contributed by atoms with E-state index in [2.05, 4.69) is 5.32 Å². The number of hydrogen-bond acceptors (Lipinski definition) is 3. The highest BCUT2D eigenvalue weighted by molar-refractivity contribution is 5.83. The molecule has 5 nitrogen and oxygen atoms in total. The second-order valence-electron chi connectivity index (χ2n) is 5.43. The lowest BCUT2D eigenvalue weighted by molar-refractivity contribution is -0.134. The number of nitrogens with zero attached hydrogens (tertiary/aromatic N) is 1. The molecular formula is C14H27N3O2. The van der Waals surface area contributed by atoms with E-state index >= 15 is 0 Å². The van der Waals surface area contributed by atoms with Gasteiger partial charge in [0.15, 0.2) is 0 Å². The zero-order valence-electron chi connectivity index (χ0n) is 12.2. The van der Waals surface area contributed by atoms with Crippen molar-refractivity contribution in [2.45, 2.75) is 52.0 Å². The smallest absolute Gasteiger partial charge is 0.223 e. The van der Waals surface area contributed by atoms with Gasteiger partial charge in [-0.3, -0.25) is 9.59 Å². The molecule has 0 aromatic heterocycles. The van der Waals surface area contributed by atoms with Crippen molar-refractivity contribution in [1.82, 2.24) is 10.2 Å². The second kappa shape index (κ2) is 8.15. The van der Waals surface area contributed by atoms with Crippen LogP contribution in [0.2, 0.25) is 0 Å². The Labute approximate surface area is 115 Å². The lowest BCUT2D eigenvalue weighted by Crippen LogP contribution is -2.42. The van der Waals surface area contributed by atoms with Crippen molar-refractivity contribution in [3.8, 4) is 0 Å². The fourth-order valence-corrected chi connectivity index (χ4v) is 2.41. The van der Waals surface area contributed by atoms with Crippen LogP contribution < -0.4 is 11.1 Å². The third kappa shape index (κ3) is 5.59. The van der Waals surface area contributed by atoms with Crippen LogP contribution in [-0.2, 0) is 9.59 Å². The molecule has 1 aliphatic rings. The number of likely N-dealkylation sites (tertiary alicyclic amines) is 1. The molecule has 0 radical (unpaired) electrons. The molecule has 1 saturated heterocycles. The zero-order chi connectivity index (χ0) is 14.3. The first kappa shape index (κ1) is 16.0. The van der Waals surface area contributed by atoms with Crippen molar-refractivity contribution in [3.05, 3.63) is 0 Å². The summed E-state index contributed by atoms with van der Waals surface area (Å²) in [5.74, 6) is 0.590. The molecule has 0 aromatic rings. The first-order valence-electron chi connectivity index (χ1n) is 7.34. The topological polar surface area (TPSA) is 75.4 Å². The van der Waals surface area contributed by atoms with Gasteiger partial charge in [0, 0.05) is 38.5 Å². The molecule has 1 aliphatic heterocycles. The molecule has 110 valence electrons. The maximum Gasteiger partial charge on any atom is 0.223 e. The summed E-state index contributed by atoms with van der Waals surface area (Å²) >= 11 is 0. The minimum atomic E-state index is -0.0272. The van der Waals surface area contributed by atoms with Gasteiger partial charge in [0.2, 0.25) is 11.8 Å². The van der Waals surface area contributed by atoms with Crippen molar-refractivity contribution in [1.29, 1.82) is 0 Å². The van der Waals surface area contributed by atoms with Gasteiger partial charge in [-0.1, -0.05) is 6.92 Å². The highest BCUT2D eigenvalue weighted by atomic mass is 16.2. The molecule has 0 saturated carbocycles. The maximum atomic E-state index is 12.0. The zero-order valence-corrected chi connectivity index (χ0v) is 12.2. The van der Waals surface area contributed by atoms with E-state index in [1.54, 1.807) is 0 Å². The van der Waals surface area contributed by atoms with Crippen LogP contribution in [0.5, 0.6) is 0 Å². The number of piperidine rings is 1. The van der Waals surface area contributed by atoms with Crippen LogP contribution in [0.4, 0.5) is 0 Å². The lowest BCUT2D eigenvalue weighted by Gasteiger charge is -2.33. The lowest BCUT2D eigenvalue weighted by atomic mass is 9.91. The van der Waals surface area contributed by atoms with E-state index in [-0.39, 0.29) is 17.9 Å². The summed E-state index contributed by atoms with van der Waals surface area (Å²) in [6, 6.07) is 0.206. The predicted molar refractivity (Wildman–Crippen MR) is 75.5 cm³/mol. The number of rotatable bonds is 6. The fourth-order valence-electron chi connectivity index (χ4n) is 2.41. The molecule has 1 rings (SSSR count). The number of carbonyl (C=O) groups excluding carboxylic acids is 2. The molecule has 19 heavy (non-hydrogen) atoms. The normalized spacial score (nSPS) is 18.2. The van der Waals surface area contributed by atoms with Crippen molar-refractivity contribution in [3.63, 3.8) is 0 Å². The fraction of sp³-hybridized carbons (Fsp3) is 0.857. The van der Waals surface area contributed by atoms with Gasteiger partial charge in [-0.05, 0) is 32.1 Å². The third-order valence-corrected chi connectivity index (χ3v) is 3.77. The van der Waals surface area contributed by atoms with E-state index in [1.165, 1.54) is 0 Å². The molecule has 1 unspecified atom stereocenters. The van der Waals surface area contributed by atoms with Gasteiger partial charge in [-0.2, -0.15) is 0 Å². The molecule has 2 amide bonds. The van der Waals surface area contributed by atoms with Crippen molar-refractivity contribution in [2.24, 2.45) is 11.7 Å². The van der Waals surface area contributed by atoms with E-state index in [1.807, 2.05) is 18.7 Å². The predicted octanol–water partition coefficient (Wildman–Crippen LogP) is 0.879. The summed E-state index contributed by atoms with van der Waals surface area (Å²) in [6.45, 7) is 6.28. The summed E-state index contributed by atoms with van der Waals surface area (Å²) in [6.07, 6.45) is 3.49. The summed E-state index contributed by atoms with van der Waals surface area (Å²) in [5, 5.41) is 2.79. The quantitative estimate of drug-likeness (QED) is 0.751. The SMILES string of the molecule is CCCNC(=O)CCC(=O)N1CCC(C(C)N)CC1. The Balaban J connectivity index is 2.22. The number of carbonyl (C=O) groups is 2. The van der Waals surface area contributed by atoms with Gasteiger partial charge in [-0.15, -0.1) is 0 Å². The highest BCUT2D eigenvalue weighted by Crippen LogP contribution is 2.20. The summed E-state index contributed by atoms with van der Waals surface area (Å²) in [5.41, 5.74) is 5.88. The molecular weight excluding hydrogens is 242 g/mol. The number of amides is 2. The Morgan fingerprint density at radius 2 is 1.95 bits per heavy atom. The minimum Gasteiger partial charge on any atom is -0.356 e. The maximum absolute atomic E-state index is 12.0. The minimum absolute atomic E-state index is 0.0272. The molecule has 3 N–H and O–H groups in total. The Kier molecular flexibility index (Phi) is 6.84. The average Bonchev–Trinajstić information content (AvgIpc) is 2.42. The molecule has 0 spiro atoms. The largest absolute Gasteiger partial charge is 0.356 e. The first-order chi connectivity index (χ1) is 9.04. The molecule has 0 bridgehead atoms. The van der Waals surface area contributed by atoms with E-state index < -0.39 is 0 Å². The van der Waals surface area contributed by atoms with Crippen molar-refractivity contribution in [2.75, 3.05) is 19.6 Å². The van der Waals surface area contributed by atoms with Crippen LogP contribution in [0.1, 0.15) is 46.0 Å². The van der Waals surface area contributed by atoms with Gasteiger partial charge >= 0.3 is 0 Å². The monoisotopic (exact) mass is 269 g/mol. The van der Waals surface area contributed by atoms with E-state index in [9.17, 15) is 9.59 Å². The van der Waals surface area contributed by atoms with E-state index in [0.29, 0.717) is 25.3 Å². The van der Waals surface area contributed by atoms with Crippen LogP contribution >= 0.6 is 0 Å². The summed E-state index contributed by atoms with van der Waals surface area (Å²) < 4.78 is 0. The van der Waals surface area contributed by atoms with Crippen LogP contribution in [0.25, 0.3) is 0 Å². The Morgan fingerprint density at radius 3 is 2.47 bits per heavy atom. The molecule has 1 atom stereocenters. The molecule has 1 heterocycles. The summed E-state index contributed by atoms with van der Waals surface area (Å²) in [4.78, 5) is 25.3. The number of nitrogens with one attached hydrogen (secondary N) is 1. The van der Waals surface area contributed by atoms with E-state index in [4.69, 9.17) is 5.73 Å². The Hall–Kier alpha value is -1.10. The standard InChI is InChI=1S/C14H27N3O2/c1-3-8-16-13(18)4-5-14(19)17-9-6-12(7-10-17)11(2)15/h11-12H,3-10,15H2,1-2H3,(H,16,18). The van der Waals surface area contributed by atoms with Gasteiger partial charge in [-0.25, -0.2) is 0 Å².